The third-order valence-electron chi connectivity index (χ3n) is 5.75. The molecule has 0 spiro atoms. The van der Waals surface area contributed by atoms with Gasteiger partial charge in [-0.1, -0.05) is 29.4 Å². The van der Waals surface area contributed by atoms with Gasteiger partial charge in [-0.05, 0) is 42.0 Å². The molecule has 184 valence electrons. The van der Waals surface area contributed by atoms with E-state index in [1.807, 2.05) is 0 Å². The molecule has 1 aliphatic rings. The Kier molecular flexibility index (Phi) is 5.83. The topological polar surface area (TPSA) is 99.4 Å². The maximum absolute atomic E-state index is 13.4. The van der Waals surface area contributed by atoms with Gasteiger partial charge in [0, 0.05) is 30.7 Å². The Morgan fingerprint density at radius 2 is 1.83 bits per heavy atom. The fourth-order valence-electron chi connectivity index (χ4n) is 4.13. The van der Waals surface area contributed by atoms with Crippen molar-refractivity contribution in [3.8, 4) is 22.9 Å². The molecule has 0 aliphatic carbocycles. The second-order valence-electron chi connectivity index (χ2n) is 8.09. The number of benzene rings is 2. The Morgan fingerprint density at radius 3 is 2.50 bits per heavy atom. The minimum atomic E-state index is -4.81. The maximum atomic E-state index is 13.4. The molecule has 11 heteroatoms. The lowest BCUT2D eigenvalue weighted by molar-refractivity contribution is -0.274. The van der Waals surface area contributed by atoms with E-state index in [0.717, 1.165) is 0 Å². The highest BCUT2D eigenvalue weighted by Gasteiger charge is 2.42. The van der Waals surface area contributed by atoms with Gasteiger partial charge in [0.2, 0.25) is 11.7 Å². The SMILES string of the molecule is Cc1nc(-c2ccc(C(=O)N[C@]3(c4ccc(OC(F)(F)F)cc4)CCOc4cccnc43)cc2)no1. The van der Waals surface area contributed by atoms with Crippen LogP contribution in [0.3, 0.4) is 0 Å². The molecule has 1 amide bonds. The van der Waals surface area contributed by atoms with Crippen molar-refractivity contribution in [2.24, 2.45) is 0 Å². The zero-order valence-electron chi connectivity index (χ0n) is 18.9. The fraction of sp³-hybridized carbons (Fsp3) is 0.200. The second kappa shape index (κ2) is 8.99. The van der Waals surface area contributed by atoms with Gasteiger partial charge in [0.1, 0.15) is 22.7 Å². The van der Waals surface area contributed by atoms with Crippen molar-refractivity contribution in [1.82, 2.24) is 20.4 Å². The van der Waals surface area contributed by atoms with Crippen LogP contribution in [0.1, 0.15) is 33.9 Å². The molecule has 36 heavy (non-hydrogen) atoms. The number of aromatic nitrogens is 3. The molecule has 1 atom stereocenters. The van der Waals surface area contributed by atoms with Gasteiger partial charge < -0.3 is 19.3 Å². The number of pyridine rings is 1. The average molecular weight is 496 g/mol. The zero-order chi connectivity index (χ0) is 25.3. The molecule has 0 radical (unpaired) electrons. The quantitative estimate of drug-likeness (QED) is 0.424. The molecule has 0 unspecified atom stereocenters. The highest BCUT2D eigenvalue weighted by Crippen LogP contribution is 2.41. The maximum Gasteiger partial charge on any atom is 0.573 e. The number of aryl methyl sites for hydroxylation is 1. The standard InChI is InChI=1S/C25H19F3N4O4/c1-15-30-22(32-36-15)16-4-6-17(7-5-16)23(33)31-24(12-14-34-20-3-2-13-29-21(20)24)18-8-10-19(11-9-18)35-25(26,27)28/h2-11,13H,12,14H2,1H3,(H,31,33)/t24-/m0/s1. The molecule has 1 N–H and O–H groups in total. The van der Waals surface area contributed by atoms with E-state index in [0.29, 0.717) is 46.3 Å². The minimum Gasteiger partial charge on any atom is -0.491 e. The number of carbonyl (C=O) groups is 1. The van der Waals surface area contributed by atoms with Crippen LogP contribution in [0.5, 0.6) is 11.5 Å². The van der Waals surface area contributed by atoms with Gasteiger partial charge in [0.05, 0.1) is 6.61 Å². The lowest BCUT2D eigenvalue weighted by atomic mass is 9.81. The molecular formula is C25H19F3N4O4. The summed E-state index contributed by atoms with van der Waals surface area (Å²) < 4.78 is 52.7. The van der Waals surface area contributed by atoms with Crippen molar-refractivity contribution in [3.05, 3.63) is 89.6 Å². The smallest absolute Gasteiger partial charge is 0.491 e. The molecule has 0 bridgehead atoms. The number of hydrogen-bond donors (Lipinski definition) is 1. The van der Waals surface area contributed by atoms with Crippen LogP contribution < -0.4 is 14.8 Å². The molecule has 0 fully saturated rings. The molecule has 8 nitrogen and oxygen atoms in total. The Morgan fingerprint density at radius 1 is 1.08 bits per heavy atom. The zero-order valence-corrected chi connectivity index (χ0v) is 18.9. The summed E-state index contributed by atoms with van der Waals surface area (Å²) in [5.41, 5.74) is 0.878. The number of alkyl halides is 3. The average Bonchev–Trinajstić information content (AvgIpc) is 3.30. The van der Waals surface area contributed by atoms with Gasteiger partial charge >= 0.3 is 6.36 Å². The minimum absolute atomic E-state index is 0.260. The van der Waals surface area contributed by atoms with Gasteiger partial charge in [-0.15, -0.1) is 13.2 Å². The third-order valence-corrected chi connectivity index (χ3v) is 5.75. The number of rotatable bonds is 5. The van der Waals surface area contributed by atoms with E-state index >= 15 is 0 Å². The summed E-state index contributed by atoms with van der Waals surface area (Å²) in [5.74, 6) is 0.529. The largest absolute Gasteiger partial charge is 0.573 e. The van der Waals surface area contributed by atoms with Crippen molar-refractivity contribution >= 4 is 5.91 Å². The lowest BCUT2D eigenvalue weighted by Gasteiger charge is -2.39. The van der Waals surface area contributed by atoms with Crippen molar-refractivity contribution in [2.75, 3.05) is 6.61 Å². The Labute approximate surface area is 203 Å². The number of nitrogens with zero attached hydrogens (tertiary/aromatic N) is 3. The van der Waals surface area contributed by atoms with Gasteiger partial charge in [-0.25, -0.2) is 0 Å². The predicted molar refractivity (Wildman–Crippen MR) is 120 cm³/mol. The summed E-state index contributed by atoms with van der Waals surface area (Å²) in [6.07, 6.45) is -2.94. The number of halogens is 3. The lowest BCUT2D eigenvalue weighted by Crippen LogP contribution is -2.50. The van der Waals surface area contributed by atoms with Crippen LogP contribution in [-0.2, 0) is 5.54 Å². The van der Waals surface area contributed by atoms with E-state index in [9.17, 15) is 18.0 Å². The Bertz CT molecular complexity index is 1390. The molecule has 0 saturated carbocycles. The van der Waals surface area contributed by atoms with E-state index in [2.05, 4.69) is 25.2 Å². The normalized spacial score (nSPS) is 17.1. The number of amides is 1. The van der Waals surface area contributed by atoms with E-state index in [-0.39, 0.29) is 12.4 Å². The first kappa shape index (κ1) is 23.3. The molecule has 5 rings (SSSR count). The van der Waals surface area contributed by atoms with Crippen LogP contribution in [0.2, 0.25) is 0 Å². The molecule has 1 aliphatic heterocycles. The van der Waals surface area contributed by atoms with Crippen LogP contribution in [0.25, 0.3) is 11.4 Å². The molecular weight excluding hydrogens is 477 g/mol. The van der Waals surface area contributed by atoms with Crippen LogP contribution in [0.4, 0.5) is 13.2 Å². The van der Waals surface area contributed by atoms with Crippen molar-refractivity contribution in [2.45, 2.75) is 25.2 Å². The Balaban J connectivity index is 1.49. The Hall–Kier alpha value is -4.41. The fourth-order valence-corrected chi connectivity index (χ4v) is 4.13. The second-order valence-corrected chi connectivity index (χ2v) is 8.09. The molecule has 3 heterocycles. The van der Waals surface area contributed by atoms with E-state index < -0.39 is 17.8 Å². The molecule has 2 aromatic carbocycles. The first-order chi connectivity index (χ1) is 17.2. The number of hydrogen-bond acceptors (Lipinski definition) is 7. The van der Waals surface area contributed by atoms with E-state index in [1.54, 1.807) is 49.5 Å². The summed E-state index contributed by atoms with van der Waals surface area (Å²) in [5, 5.41) is 6.93. The summed E-state index contributed by atoms with van der Waals surface area (Å²) in [4.78, 5) is 22.0. The molecule has 4 aromatic rings. The van der Waals surface area contributed by atoms with Crippen molar-refractivity contribution in [1.29, 1.82) is 0 Å². The monoisotopic (exact) mass is 496 g/mol. The predicted octanol–water partition coefficient (Wildman–Crippen LogP) is 4.79. The summed E-state index contributed by atoms with van der Waals surface area (Å²) in [6, 6.07) is 15.5. The summed E-state index contributed by atoms with van der Waals surface area (Å²) >= 11 is 0. The number of fused-ring (bicyclic) bond motifs is 1. The first-order valence-electron chi connectivity index (χ1n) is 10.9. The molecule has 0 saturated heterocycles. The van der Waals surface area contributed by atoms with Crippen molar-refractivity contribution in [3.63, 3.8) is 0 Å². The van der Waals surface area contributed by atoms with Crippen molar-refractivity contribution < 1.29 is 32.0 Å². The van der Waals surface area contributed by atoms with E-state index in [4.69, 9.17) is 9.26 Å². The van der Waals surface area contributed by atoms with E-state index in [1.165, 1.54) is 24.3 Å². The van der Waals surface area contributed by atoms with Crippen LogP contribution in [0, 0.1) is 6.92 Å². The molecule has 2 aromatic heterocycles. The summed E-state index contributed by atoms with van der Waals surface area (Å²) in [6.45, 7) is 1.94. The number of carbonyl (C=O) groups excluding carboxylic acids is 1. The first-order valence-corrected chi connectivity index (χ1v) is 10.9. The third kappa shape index (κ3) is 4.59. The summed E-state index contributed by atoms with van der Waals surface area (Å²) in [7, 11) is 0. The van der Waals surface area contributed by atoms with Crippen LogP contribution in [-0.4, -0.2) is 34.0 Å². The number of ether oxygens (including phenoxy) is 2. The van der Waals surface area contributed by atoms with Crippen LogP contribution >= 0.6 is 0 Å². The van der Waals surface area contributed by atoms with Crippen LogP contribution in [0.15, 0.2) is 71.4 Å². The highest BCUT2D eigenvalue weighted by atomic mass is 19.4. The van der Waals surface area contributed by atoms with Gasteiger partial charge in [0.15, 0.2) is 0 Å². The van der Waals surface area contributed by atoms with Gasteiger partial charge in [0.25, 0.3) is 5.91 Å². The number of nitrogens with one attached hydrogen (secondary N) is 1. The highest BCUT2D eigenvalue weighted by molar-refractivity contribution is 5.95. The van der Waals surface area contributed by atoms with Gasteiger partial charge in [-0.2, -0.15) is 4.98 Å². The van der Waals surface area contributed by atoms with Gasteiger partial charge in [-0.3, -0.25) is 9.78 Å².